The van der Waals surface area contributed by atoms with Crippen LogP contribution in [0.5, 0.6) is 0 Å². The Morgan fingerprint density at radius 2 is 2.16 bits per heavy atom. The van der Waals surface area contributed by atoms with Crippen molar-refractivity contribution in [3.8, 4) is 0 Å². The first kappa shape index (κ1) is 15.7. The average Bonchev–Trinajstić information content (AvgIpc) is 2.97. The Kier molecular flexibility index (Phi) is 3.92. The molecule has 0 radical (unpaired) electrons. The zero-order valence-electron chi connectivity index (χ0n) is 13.8. The number of β-lactam (4-membered cyclic amide) rings is 1. The van der Waals surface area contributed by atoms with E-state index in [-0.39, 0.29) is 24.7 Å². The molecule has 1 aromatic rings. The number of nitrogens with zero attached hydrogens (tertiary/aromatic N) is 1. The molecular weight excluding hydrogens is 318 g/mol. The molecule has 1 aromatic carbocycles. The lowest BCUT2D eigenvalue weighted by atomic mass is 9.81. The Morgan fingerprint density at radius 3 is 2.84 bits per heavy atom. The lowest BCUT2D eigenvalue weighted by Gasteiger charge is -2.30. The highest BCUT2D eigenvalue weighted by Gasteiger charge is 2.45. The van der Waals surface area contributed by atoms with Crippen LogP contribution in [0.4, 0.5) is 0 Å². The van der Waals surface area contributed by atoms with Crippen molar-refractivity contribution in [2.24, 2.45) is 5.41 Å². The van der Waals surface area contributed by atoms with Crippen LogP contribution in [0.3, 0.4) is 0 Å². The van der Waals surface area contributed by atoms with Crippen LogP contribution in [0.2, 0.25) is 0 Å². The van der Waals surface area contributed by atoms with Gasteiger partial charge in [-0.05, 0) is 18.1 Å². The molecule has 25 heavy (non-hydrogen) atoms. The number of carbonyl (C=O) groups excluding carboxylic acids is 2. The fraction of sp³-hybridized carbons (Fsp3) is 0.300. The first-order valence-electron chi connectivity index (χ1n) is 8.40. The summed E-state index contributed by atoms with van der Waals surface area (Å²) in [5.74, 6) is 0.439. The Hall–Kier alpha value is -2.82. The van der Waals surface area contributed by atoms with Crippen molar-refractivity contribution >= 4 is 11.9 Å². The van der Waals surface area contributed by atoms with Gasteiger partial charge >= 0.3 is 5.97 Å². The van der Waals surface area contributed by atoms with Crippen LogP contribution in [0.25, 0.3) is 0 Å². The van der Waals surface area contributed by atoms with Crippen LogP contribution < -0.4 is 0 Å². The summed E-state index contributed by atoms with van der Waals surface area (Å²) in [5, 5.41) is 0. The summed E-state index contributed by atoms with van der Waals surface area (Å²) in [7, 11) is 0. The minimum Gasteiger partial charge on any atom is -0.473 e. The zero-order valence-corrected chi connectivity index (χ0v) is 13.8. The second-order valence-electron chi connectivity index (χ2n) is 6.50. The SMILES string of the molecule is O=C1CC2O/C(=C/C3(C(=O)OCc4ccccc4)C=CC=CC3)CN12. The highest BCUT2D eigenvalue weighted by Crippen LogP contribution is 2.37. The van der Waals surface area contributed by atoms with Crippen LogP contribution in [0.15, 0.2) is 66.5 Å². The predicted molar refractivity (Wildman–Crippen MR) is 90.9 cm³/mol. The zero-order chi connectivity index (χ0) is 17.3. The molecule has 1 aliphatic carbocycles. The van der Waals surface area contributed by atoms with Gasteiger partial charge in [-0.1, -0.05) is 54.6 Å². The molecule has 2 unspecified atom stereocenters. The maximum absolute atomic E-state index is 12.8. The molecule has 2 heterocycles. The van der Waals surface area contributed by atoms with Crippen LogP contribution in [0.1, 0.15) is 18.4 Å². The molecule has 0 aromatic heterocycles. The van der Waals surface area contributed by atoms with Gasteiger partial charge in [0.1, 0.15) is 17.8 Å². The van der Waals surface area contributed by atoms with Crippen LogP contribution in [0, 0.1) is 5.41 Å². The van der Waals surface area contributed by atoms with Gasteiger partial charge in [0.15, 0.2) is 6.23 Å². The second-order valence-corrected chi connectivity index (χ2v) is 6.50. The normalized spacial score (nSPS) is 28.5. The molecule has 0 bridgehead atoms. The van der Waals surface area contributed by atoms with Crippen LogP contribution in [-0.2, 0) is 25.7 Å². The van der Waals surface area contributed by atoms with Gasteiger partial charge in [0.05, 0.1) is 13.0 Å². The third-order valence-corrected chi connectivity index (χ3v) is 4.74. The van der Waals surface area contributed by atoms with Gasteiger partial charge in [-0.25, -0.2) is 0 Å². The lowest BCUT2D eigenvalue weighted by Crippen LogP contribution is -2.48. The topological polar surface area (TPSA) is 55.8 Å². The fourth-order valence-corrected chi connectivity index (χ4v) is 3.28. The van der Waals surface area contributed by atoms with E-state index in [9.17, 15) is 9.59 Å². The predicted octanol–water partition coefficient (Wildman–Crippen LogP) is 2.70. The minimum atomic E-state index is -0.882. The third kappa shape index (κ3) is 2.97. The summed E-state index contributed by atoms with van der Waals surface area (Å²) in [5.41, 5.74) is 0.0631. The van der Waals surface area contributed by atoms with E-state index < -0.39 is 5.41 Å². The number of rotatable bonds is 4. The van der Waals surface area contributed by atoms with Crippen LogP contribution in [-0.4, -0.2) is 29.5 Å². The summed E-state index contributed by atoms with van der Waals surface area (Å²) in [6.45, 7) is 0.658. The molecule has 5 heteroatoms. The average molecular weight is 337 g/mol. The summed E-state index contributed by atoms with van der Waals surface area (Å²) < 4.78 is 11.3. The van der Waals surface area contributed by atoms with Gasteiger partial charge in [-0.3, -0.25) is 14.5 Å². The largest absolute Gasteiger partial charge is 0.473 e. The smallest absolute Gasteiger partial charge is 0.320 e. The molecule has 2 atom stereocenters. The number of hydrogen-bond donors (Lipinski definition) is 0. The molecule has 0 spiro atoms. The Labute approximate surface area is 146 Å². The van der Waals surface area contributed by atoms with E-state index in [0.717, 1.165) is 5.56 Å². The van der Waals surface area contributed by atoms with E-state index in [1.54, 1.807) is 4.90 Å². The Balaban J connectivity index is 1.51. The molecular formula is C20H19NO4. The van der Waals surface area contributed by atoms with Crippen LogP contribution >= 0.6 is 0 Å². The number of ether oxygens (including phenoxy) is 2. The van der Waals surface area contributed by atoms with Gasteiger partial charge in [0.2, 0.25) is 5.91 Å². The monoisotopic (exact) mass is 337 g/mol. The first-order chi connectivity index (χ1) is 12.2. The van der Waals surface area contributed by atoms with Crippen molar-refractivity contribution in [3.63, 3.8) is 0 Å². The van der Waals surface area contributed by atoms with Crippen molar-refractivity contribution in [2.75, 3.05) is 6.54 Å². The third-order valence-electron chi connectivity index (χ3n) is 4.74. The minimum absolute atomic E-state index is 0.0909. The maximum Gasteiger partial charge on any atom is 0.320 e. The van der Waals surface area contributed by atoms with Crippen molar-refractivity contribution in [1.82, 2.24) is 4.90 Å². The molecule has 2 saturated heterocycles. The summed E-state index contributed by atoms with van der Waals surface area (Å²) in [6, 6.07) is 9.60. The maximum atomic E-state index is 12.8. The fourth-order valence-electron chi connectivity index (χ4n) is 3.28. The molecule has 5 nitrogen and oxygen atoms in total. The van der Waals surface area contributed by atoms with E-state index in [1.165, 1.54) is 0 Å². The van der Waals surface area contributed by atoms with Crippen molar-refractivity contribution in [1.29, 1.82) is 0 Å². The molecule has 2 fully saturated rings. The number of benzene rings is 1. The lowest BCUT2D eigenvalue weighted by molar-refractivity contribution is -0.154. The highest BCUT2D eigenvalue weighted by molar-refractivity contribution is 5.84. The molecule has 2 aliphatic heterocycles. The Bertz CT molecular complexity index is 780. The van der Waals surface area contributed by atoms with Crippen molar-refractivity contribution < 1.29 is 19.1 Å². The van der Waals surface area contributed by atoms with Crippen molar-refractivity contribution in [2.45, 2.75) is 25.7 Å². The second kappa shape index (κ2) is 6.24. The standard InChI is InChI=1S/C20H19NO4/c22-17-11-18-21(17)13-16(25-18)12-20(9-5-2-6-10-20)19(23)24-14-15-7-3-1-4-8-15/h1-9,12,18H,10-11,13-14H2/b16-12+. The number of amides is 1. The molecule has 4 rings (SSSR count). The number of esters is 1. The van der Waals surface area contributed by atoms with E-state index in [0.29, 0.717) is 25.1 Å². The van der Waals surface area contributed by atoms with E-state index in [1.807, 2.05) is 60.7 Å². The van der Waals surface area contributed by atoms with Gasteiger partial charge in [0.25, 0.3) is 0 Å². The van der Waals surface area contributed by atoms with Gasteiger partial charge in [-0.2, -0.15) is 0 Å². The van der Waals surface area contributed by atoms with E-state index in [2.05, 4.69) is 0 Å². The van der Waals surface area contributed by atoms with Crippen molar-refractivity contribution in [3.05, 3.63) is 72.0 Å². The summed E-state index contributed by atoms with van der Waals surface area (Å²) in [4.78, 5) is 26.0. The first-order valence-corrected chi connectivity index (χ1v) is 8.40. The number of hydrogen-bond acceptors (Lipinski definition) is 4. The molecule has 0 N–H and O–H groups in total. The summed E-state index contributed by atoms with van der Waals surface area (Å²) in [6.07, 6.45) is 10.1. The van der Waals surface area contributed by atoms with E-state index >= 15 is 0 Å². The molecule has 0 saturated carbocycles. The quantitative estimate of drug-likeness (QED) is 0.626. The Morgan fingerprint density at radius 1 is 1.32 bits per heavy atom. The highest BCUT2D eigenvalue weighted by atomic mass is 16.5. The van der Waals surface area contributed by atoms with E-state index in [4.69, 9.17) is 9.47 Å². The van der Waals surface area contributed by atoms with Gasteiger partial charge in [0, 0.05) is 0 Å². The molecule has 128 valence electrons. The number of fused-ring (bicyclic) bond motifs is 1. The van der Waals surface area contributed by atoms with Gasteiger partial charge < -0.3 is 9.47 Å². The summed E-state index contributed by atoms with van der Waals surface area (Å²) >= 11 is 0. The number of carbonyl (C=O) groups is 2. The number of allylic oxidation sites excluding steroid dienone is 3. The molecule has 1 amide bonds. The van der Waals surface area contributed by atoms with Gasteiger partial charge in [-0.15, -0.1) is 0 Å². The molecule has 3 aliphatic rings.